The number of hydrogen-bond donors (Lipinski definition) is 0. The van der Waals surface area contributed by atoms with E-state index < -0.39 is 9.84 Å². The minimum Gasteiger partial charge on any atom is -0.266 e. The summed E-state index contributed by atoms with van der Waals surface area (Å²) in [4.78, 5) is 0. The van der Waals surface area contributed by atoms with Crippen LogP contribution in [0.25, 0.3) is 0 Å². The Bertz CT molecular complexity index is 449. The molecule has 2 heterocycles. The normalized spacial score (nSPS) is 30.7. The third-order valence-corrected chi connectivity index (χ3v) is 4.65. The van der Waals surface area contributed by atoms with Crippen LogP contribution in [0.5, 0.6) is 0 Å². The van der Waals surface area contributed by atoms with Crippen LogP contribution < -0.4 is 0 Å². The molecule has 0 amide bonds. The molecule has 1 unspecified atom stereocenters. The second kappa shape index (κ2) is 2.82. The van der Waals surface area contributed by atoms with Gasteiger partial charge in [-0.25, -0.2) is 8.42 Å². The number of aryl methyl sites for hydroxylation is 1. The average molecular weight is 214 g/mol. The maximum atomic E-state index is 11.4. The van der Waals surface area contributed by atoms with Crippen molar-refractivity contribution < 1.29 is 8.42 Å². The van der Waals surface area contributed by atoms with Crippen LogP contribution in [0.2, 0.25) is 0 Å². The summed E-state index contributed by atoms with van der Waals surface area (Å²) in [7, 11) is -2.85. The smallest absolute Gasteiger partial charge is 0.152 e. The quantitative estimate of drug-likeness (QED) is 0.692. The van der Waals surface area contributed by atoms with Crippen LogP contribution in [0.4, 0.5) is 0 Å². The number of nitrogens with zero attached hydrogens (tertiary/aromatic N) is 2. The molecule has 1 aromatic rings. The summed E-state index contributed by atoms with van der Waals surface area (Å²) in [6.45, 7) is 3.85. The van der Waals surface area contributed by atoms with E-state index in [0.29, 0.717) is 6.42 Å². The van der Waals surface area contributed by atoms with Crippen molar-refractivity contribution in [3.8, 4) is 0 Å². The second-order valence-corrected chi connectivity index (χ2v) is 6.42. The Morgan fingerprint density at radius 3 is 2.71 bits per heavy atom. The fourth-order valence-electron chi connectivity index (χ4n) is 1.89. The van der Waals surface area contributed by atoms with Gasteiger partial charge >= 0.3 is 0 Å². The lowest BCUT2D eigenvalue weighted by molar-refractivity contribution is 0.327. The molecule has 0 spiro atoms. The van der Waals surface area contributed by atoms with Gasteiger partial charge in [0.15, 0.2) is 9.84 Å². The van der Waals surface area contributed by atoms with Crippen molar-refractivity contribution in [2.45, 2.75) is 25.8 Å². The topological polar surface area (TPSA) is 52.0 Å². The SMILES string of the molecule is Cc1ccn(C2(C)CCS(=O)(=O)C2)n1. The molecular formula is C9H14N2O2S. The number of sulfone groups is 1. The van der Waals surface area contributed by atoms with E-state index in [2.05, 4.69) is 5.10 Å². The van der Waals surface area contributed by atoms with Crippen molar-refractivity contribution >= 4 is 9.84 Å². The van der Waals surface area contributed by atoms with Gasteiger partial charge in [0, 0.05) is 6.20 Å². The highest BCUT2D eigenvalue weighted by Gasteiger charge is 2.40. The molecule has 0 saturated carbocycles. The summed E-state index contributed by atoms with van der Waals surface area (Å²) in [6, 6.07) is 1.90. The predicted octanol–water partition coefficient (Wildman–Crippen LogP) is 0.725. The van der Waals surface area contributed by atoms with Gasteiger partial charge in [-0.15, -0.1) is 0 Å². The van der Waals surface area contributed by atoms with Gasteiger partial charge in [-0.3, -0.25) is 4.68 Å². The van der Waals surface area contributed by atoms with E-state index in [9.17, 15) is 8.42 Å². The Balaban J connectivity index is 2.36. The summed E-state index contributed by atoms with van der Waals surface area (Å²) in [5, 5.41) is 4.28. The lowest BCUT2D eigenvalue weighted by atomic mass is 10.0. The molecule has 0 bridgehead atoms. The average Bonchev–Trinajstić information content (AvgIpc) is 2.57. The molecule has 0 aliphatic carbocycles. The molecule has 1 atom stereocenters. The molecule has 0 N–H and O–H groups in total. The van der Waals surface area contributed by atoms with E-state index in [1.165, 1.54) is 0 Å². The molecule has 1 aliphatic rings. The van der Waals surface area contributed by atoms with Gasteiger partial charge in [0.05, 0.1) is 22.7 Å². The Morgan fingerprint density at radius 2 is 2.29 bits per heavy atom. The first-order chi connectivity index (χ1) is 6.41. The zero-order chi connectivity index (χ0) is 10.4. The summed E-state index contributed by atoms with van der Waals surface area (Å²) >= 11 is 0. The molecule has 1 saturated heterocycles. The highest BCUT2D eigenvalue weighted by molar-refractivity contribution is 7.91. The van der Waals surface area contributed by atoms with Gasteiger partial charge in [0.1, 0.15) is 0 Å². The Kier molecular flexibility index (Phi) is 1.96. The van der Waals surface area contributed by atoms with Gasteiger partial charge in [-0.05, 0) is 26.3 Å². The third-order valence-electron chi connectivity index (χ3n) is 2.76. The second-order valence-electron chi connectivity index (χ2n) is 4.24. The number of hydrogen-bond acceptors (Lipinski definition) is 3. The summed E-state index contributed by atoms with van der Waals surface area (Å²) in [5.74, 6) is 0.490. The third kappa shape index (κ3) is 1.56. The molecule has 5 heteroatoms. The lowest BCUT2D eigenvalue weighted by Crippen LogP contribution is -2.31. The van der Waals surface area contributed by atoms with E-state index in [0.717, 1.165) is 5.69 Å². The first-order valence-corrected chi connectivity index (χ1v) is 6.47. The van der Waals surface area contributed by atoms with Gasteiger partial charge in [-0.1, -0.05) is 0 Å². The van der Waals surface area contributed by atoms with Gasteiger partial charge in [-0.2, -0.15) is 5.10 Å². The molecule has 0 aromatic carbocycles. The van der Waals surface area contributed by atoms with E-state index in [4.69, 9.17) is 0 Å². The van der Waals surface area contributed by atoms with Gasteiger partial charge < -0.3 is 0 Å². The predicted molar refractivity (Wildman–Crippen MR) is 53.9 cm³/mol. The van der Waals surface area contributed by atoms with Gasteiger partial charge in [0.25, 0.3) is 0 Å². The van der Waals surface area contributed by atoms with E-state index in [-0.39, 0.29) is 17.0 Å². The molecule has 1 aromatic heterocycles. The van der Waals surface area contributed by atoms with Crippen LogP contribution in [0.3, 0.4) is 0 Å². The lowest BCUT2D eigenvalue weighted by Gasteiger charge is -2.22. The first-order valence-electron chi connectivity index (χ1n) is 4.65. The van der Waals surface area contributed by atoms with Crippen LogP contribution in [0.15, 0.2) is 12.3 Å². The van der Waals surface area contributed by atoms with Crippen molar-refractivity contribution in [2.24, 2.45) is 0 Å². The molecule has 4 nitrogen and oxygen atoms in total. The largest absolute Gasteiger partial charge is 0.266 e. The molecule has 2 rings (SSSR count). The fraction of sp³-hybridized carbons (Fsp3) is 0.667. The highest BCUT2D eigenvalue weighted by Crippen LogP contribution is 2.29. The number of rotatable bonds is 1. The van der Waals surface area contributed by atoms with Gasteiger partial charge in [0.2, 0.25) is 0 Å². The van der Waals surface area contributed by atoms with Crippen molar-refractivity contribution in [3.05, 3.63) is 18.0 Å². The highest BCUT2D eigenvalue weighted by atomic mass is 32.2. The monoisotopic (exact) mass is 214 g/mol. The van der Waals surface area contributed by atoms with Crippen molar-refractivity contribution in [1.82, 2.24) is 9.78 Å². The zero-order valence-electron chi connectivity index (χ0n) is 8.40. The molecule has 0 radical (unpaired) electrons. The van der Waals surface area contributed by atoms with Crippen LogP contribution in [-0.2, 0) is 15.4 Å². The Morgan fingerprint density at radius 1 is 1.57 bits per heavy atom. The molecule has 14 heavy (non-hydrogen) atoms. The minimum absolute atomic E-state index is 0.209. The zero-order valence-corrected chi connectivity index (χ0v) is 9.21. The molecule has 1 fully saturated rings. The van der Waals surface area contributed by atoms with E-state index in [1.54, 1.807) is 4.68 Å². The molecule has 1 aliphatic heterocycles. The Labute approximate surface area is 83.8 Å². The van der Waals surface area contributed by atoms with Crippen LogP contribution in [-0.4, -0.2) is 29.7 Å². The van der Waals surface area contributed by atoms with Crippen molar-refractivity contribution in [3.63, 3.8) is 0 Å². The molecule has 78 valence electrons. The maximum Gasteiger partial charge on any atom is 0.152 e. The van der Waals surface area contributed by atoms with Crippen molar-refractivity contribution in [2.75, 3.05) is 11.5 Å². The summed E-state index contributed by atoms with van der Waals surface area (Å²) < 4.78 is 24.6. The van der Waals surface area contributed by atoms with E-state index >= 15 is 0 Å². The summed E-state index contributed by atoms with van der Waals surface area (Å²) in [6.07, 6.45) is 2.52. The van der Waals surface area contributed by atoms with E-state index in [1.807, 2.05) is 26.1 Å². The standard InChI is InChI=1S/C9H14N2O2S/c1-8-3-5-11(10-8)9(2)4-6-14(12,13)7-9/h3,5H,4,6-7H2,1-2H3. The minimum atomic E-state index is -2.85. The molecular weight excluding hydrogens is 200 g/mol. The fourth-order valence-corrected chi connectivity index (χ4v) is 4.01. The van der Waals surface area contributed by atoms with Crippen LogP contribution >= 0.6 is 0 Å². The number of aromatic nitrogens is 2. The van der Waals surface area contributed by atoms with Crippen LogP contribution in [0.1, 0.15) is 19.0 Å². The van der Waals surface area contributed by atoms with Crippen molar-refractivity contribution in [1.29, 1.82) is 0 Å². The Hall–Kier alpha value is -0.840. The van der Waals surface area contributed by atoms with Crippen LogP contribution in [0, 0.1) is 6.92 Å². The maximum absolute atomic E-state index is 11.4. The first kappa shape index (κ1) is 9.71. The summed E-state index contributed by atoms with van der Waals surface area (Å²) in [5.41, 5.74) is 0.586.